The van der Waals surface area contributed by atoms with Gasteiger partial charge in [0.2, 0.25) is 0 Å². The van der Waals surface area contributed by atoms with Crippen molar-refractivity contribution in [2.24, 2.45) is 0 Å². The van der Waals surface area contributed by atoms with Gasteiger partial charge < -0.3 is 19.7 Å². The van der Waals surface area contributed by atoms with E-state index in [0.29, 0.717) is 25.8 Å². The van der Waals surface area contributed by atoms with E-state index in [1.807, 2.05) is 18.2 Å². The van der Waals surface area contributed by atoms with E-state index in [4.69, 9.17) is 21.1 Å². The first-order valence-corrected chi connectivity index (χ1v) is 11.8. The van der Waals surface area contributed by atoms with Gasteiger partial charge >= 0.3 is 0 Å². The topological polar surface area (TPSA) is 61.0 Å². The summed E-state index contributed by atoms with van der Waals surface area (Å²) in [5, 5.41) is 13.4. The molecule has 2 heterocycles. The van der Waals surface area contributed by atoms with Crippen molar-refractivity contribution in [3.8, 4) is 5.75 Å². The molecule has 2 N–H and O–H groups in total. The standard InChI is InChI=1S/C25H30ClN3O3/c26-19-7-10-24-23(15-19)22-4-2-1-3-21(25(22)27-24)18-5-8-20(9-6-18)32-17-29(30)16-28-11-13-31-14-12-28/h5-10,15,21,27,30H,1-4,11-14,16-17H2. The highest BCUT2D eigenvalue weighted by Crippen LogP contribution is 2.39. The molecule has 1 aliphatic heterocycles. The minimum atomic E-state index is 0.132. The molecule has 1 unspecified atom stereocenters. The van der Waals surface area contributed by atoms with Gasteiger partial charge in [-0.15, -0.1) is 5.06 Å². The number of nitrogens with zero attached hydrogens (tertiary/aromatic N) is 2. The van der Waals surface area contributed by atoms with E-state index in [2.05, 4.69) is 34.1 Å². The van der Waals surface area contributed by atoms with E-state index in [1.165, 1.54) is 40.1 Å². The molecule has 32 heavy (non-hydrogen) atoms. The zero-order valence-corrected chi connectivity index (χ0v) is 19.0. The van der Waals surface area contributed by atoms with E-state index < -0.39 is 0 Å². The van der Waals surface area contributed by atoms with Crippen LogP contribution in [-0.4, -0.2) is 59.9 Å². The van der Waals surface area contributed by atoms with Crippen LogP contribution in [0, 0.1) is 0 Å². The van der Waals surface area contributed by atoms with Crippen molar-refractivity contribution >= 4 is 22.5 Å². The Morgan fingerprint density at radius 2 is 1.94 bits per heavy atom. The first-order chi connectivity index (χ1) is 15.7. The van der Waals surface area contributed by atoms with Crippen molar-refractivity contribution in [3.05, 3.63) is 64.3 Å². The van der Waals surface area contributed by atoms with Gasteiger partial charge in [0.25, 0.3) is 0 Å². The van der Waals surface area contributed by atoms with Crippen LogP contribution in [0.2, 0.25) is 5.02 Å². The molecule has 2 aliphatic rings. The highest BCUT2D eigenvalue weighted by atomic mass is 35.5. The van der Waals surface area contributed by atoms with E-state index in [-0.39, 0.29) is 6.73 Å². The zero-order valence-electron chi connectivity index (χ0n) is 18.2. The summed E-state index contributed by atoms with van der Waals surface area (Å²) in [6.07, 6.45) is 4.61. The molecule has 1 fully saturated rings. The molecule has 7 heteroatoms. The van der Waals surface area contributed by atoms with Crippen LogP contribution in [0.15, 0.2) is 42.5 Å². The number of ether oxygens (including phenoxy) is 2. The predicted octanol–water partition coefficient (Wildman–Crippen LogP) is 5.00. The Hall–Kier alpha value is -2.09. The normalized spacial score (nSPS) is 19.8. The molecule has 0 spiro atoms. The molecule has 0 saturated carbocycles. The Bertz CT molecular complexity index is 1050. The summed E-state index contributed by atoms with van der Waals surface area (Å²) < 4.78 is 11.1. The second-order valence-electron chi connectivity index (χ2n) is 8.73. The number of hydrogen-bond acceptors (Lipinski definition) is 5. The summed E-state index contributed by atoms with van der Waals surface area (Å²) in [4.78, 5) is 5.83. The molecule has 0 amide bonds. The molecule has 0 radical (unpaired) electrons. The number of hydrogen-bond donors (Lipinski definition) is 2. The largest absolute Gasteiger partial charge is 0.476 e. The molecule has 0 bridgehead atoms. The molecule has 1 atom stereocenters. The molecular weight excluding hydrogens is 426 g/mol. The number of halogens is 1. The molecule has 1 saturated heterocycles. The van der Waals surface area contributed by atoms with Gasteiger partial charge in [0.1, 0.15) is 5.75 Å². The number of hydroxylamine groups is 2. The molecule has 1 aromatic heterocycles. The van der Waals surface area contributed by atoms with E-state index in [1.54, 1.807) is 0 Å². The number of rotatable bonds is 6. The molecule has 5 rings (SSSR count). The lowest BCUT2D eigenvalue weighted by Gasteiger charge is -2.29. The van der Waals surface area contributed by atoms with Gasteiger partial charge in [0.05, 0.1) is 19.9 Å². The van der Waals surface area contributed by atoms with Crippen LogP contribution in [0.3, 0.4) is 0 Å². The minimum absolute atomic E-state index is 0.132. The van der Waals surface area contributed by atoms with Gasteiger partial charge in [0.15, 0.2) is 6.73 Å². The van der Waals surface area contributed by atoms with Crippen LogP contribution < -0.4 is 4.74 Å². The lowest BCUT2D eigenvalue weighted by Crippen LogP contribution is -2.43. The van der Waals surface area contributed by atoms with E-state index in [0.717, 1.165) is 42.2 Å². The number of aryl methyl sites for hydroxylation is 1. The Labute approximate surface area is 193 Å². The fourth-order valence-electron chi connectivity index (χ4n) is 4.90. The summed E-state index contributed by atoms with van der Waals surface area (Å²) >= 11 is 6.28. The van der Waals surface area contributed by atoms with Gasteiger partial charge in [-0.05, 0) is 60.7 Å². The summed E-state index contributed by atoms with van der Waals surface area (Å²) in [6.45, 7) is 3.67. The van der Waals surface area contributed by atoms with E-state index in [9.17, 15) is 5.21 Å². The predicted molar refractivity (Wildman–Crippen MR) is 126 cm³/mol. The second-order valence-corrected chi connectivity index (χ2v) is 9.16. The zero-order chi connectivity index (χ0) is 21.9. The molecule has 1 aliphatic carbocycles. The SMILES string of the molecule is ON(COc1ccc(C2CCCCc3c2[nH]c2ccc(Cl)cc32)cc1)CN1CCOCC1. The van der Waals surface area contributed by atoms with Crippen molar-refractivity contribution < 1.29 is 14.7 Å². The van der Waals surface area contributed by atoms with Crippen LogP contribution in [0.1, 0.15) is 42.0 Å². The molecule has 6 nitrogen and oxygen atoms in total. The smallest absolute Gasteiger partial charge is 0.165 e. The number of morpholine rings is 1. The lowest BCUT2D eigenvalue weighted by atomic mass is 9.91. The summed E-state index contributed by atoms with van der Waals surface area (Å²) in [5.74, 6) is 1.09. The molecular formula is C25H30ClN3O3. The van der Waals surface area contributed by atoms with Gasteiger partial charge in [-0.3, -0.25) is 4.90 Å². The quantitative estimate of drug-likeness (QED) is 0.311. The summed E-state index contributed by atoms with van der Waals surface area (Å²) in [7, 11) is 0. The Morgan fingerprint density at radius 3 is 2.75 bits per heavy atom. The van der Waals surface area contributed by atoms with E-state index >= 15 is 0 Å². The van der Waals surface area contributed by atoms with Crippen molar-refractivity contribution in [2.75, 3.05) is 39.7 Å². The van der Waals surface area contributed by atoms with Crippen LogP contribution in [0.25, 0.3) is 10.9 Å². The summed E-state index contributed by atoms with van der Waals surface area (Å²) in [5.41, 5.74) is 5.17. The maximum atomic E-state index is 10.2. The number of H-pyrrole nitrogens is 1. The van der Waals surface area contributed by atoms with Crippen LogP contribution in [-0.2, 0) is 11.2 Å². The van der Waals surface area contributed by atoms with Gasteiger partial charge in [-0.2, -0.15) is 0 Å². The first-order valence-electron chi connectivity index (χ1n) is 11.4. The Kier molecular flexibility index (Phi) is 6.67. The minimum Gasteiger partial charge on any atom is -0.476 e. The average Bonchev–Trinajstić information content (AvgIpc) is 3.02. The van der Waals surface area contributed by atoms with Crippen LogP contribution in [0.4, 0.5) is 0 Å². The highest BCUT2D eigenvalue weighted by molar-refractivity contribution is 6.31. The second kappa shape index (κ2) is 9.81. The summed E-state index contributed by atoms with van der Waals surface area (Å²) in [6, 6.07) is 14.4. The number of fused-ring (bicyclic) bond motifs is 3. The number of aromatic amines is 1. The van der Waals surface area contributed by atoms with Crippen molar-refractivity contribution in [1.82, 2.24) is 14.9 Å². The fraction of sp³-hybridized carbons (Fsp3) is 0.440. The van der Waals surface area contributed by atoms with Gasteiger partial charge in [-0.1, -0.05) is 30.2 Å². The number of benzene rings is 2. The third-order valence-corrected chi connectivity index (χ3v) is 6.78. The Balaban J connectivity index is 1.27. The van der Waals surface area contributed by atoms with Gasteiger partial charge in [-0.25, -0.2) is 0 Å². The molecule has 2 aromatic carbocycles. The monoisotopic (exact) mass is 455 g/mol. The van der Waals surface area contributed by atoms with Crippen molar-refractivity contribution in [2.45, 2.75) is 31.6 Å². The number of nitrogens with one attached hydrogen (secondary N) is 1. The third kappa shape index (κ3) is 4.80. The molecule has 3 aromatic rings. The lowest BCUT2D eigenvalue weighted by molar-refractivity contribution is -0.168. The number of aromatic nitrogens is 1. The van der Waals surface area contributed by atoms with Crippen LogP contribution in [0.5, 0.6) is 5.75 Å². The van der Waals surface area contributed by atoms with Crippen LogP contribution >= 0.6 is 11.6 Å². The van der Waals surface area contributed by atoms with Gasteiger partial charge in [0, 0.05) is 40.6 Å². The first kappa shape index (κ1) is 21.7. The van der Waals surface area contributed by atoms with Crippen molar-refractivity contribution in [3.63, 3.8) is 0 Å². The molecule has 170 valence electrons. The average molecular weight is 456 g/mol. The maximum Gasteiger partial charge on any atom is 0.165 e. The maximum absolute atomic E-state index is 10.2. The fourth-order valence-corrected chi connectivity index (χ4v) is 5.07. The van der Waals surface area contributed by atoms with Crippen molar-refractivity contribution in [1.29, 1.82) is 0 Å². The Morgan fingerprint density at radius 1 is 1.12 bits per heavy atom. The third-order valence-electron chi connectivity index (χ3n) is 6.55. The highest BCUT2D eigenvalue weighted by Gasteiger charge is 2.24.